The second-order valence-corrected chi connectivity index (χ2v) is 8.34. The summed E-state index contributed by atoms with van der Waals surface area (Å²) in [6, 6.07) is 7.67. The zero-order valence-electron chi connectivity index (χ0n) is 13.0. The maximum atomic E-state index is 11.2. The Balaban J connectivity index is 2.42. The molecule has 2 N–H and O–H groups in total. The van der Waals surface area contributed by atoms with Gasteiger partial charge >= 0.3 is 0 Å². The number of nitrogens with one attached hydrogen (secondary N) is 2. The van der Waals surface area contributed by atoms with Crippen molar-refractivity contribution in [2.45, 2.75) is 9.96 Å². The fraction of sp³-hybridized carbons (Fsp3) is 0.143. The van der Waals surface area contributed by atoms with Crippen molar-refractivity contribution < 1.29 is 9.85 Å². The molecule has 13 heteroatoms. The standard InChI is InChI=1S/C14H9Cl5N4O4/c15-7-1-3-9(11(5-7)22(24)25)20-13(14(17,18)19)21-10-4-2-8(16)6-12(10)23(26)27/h1-6,13,20-21H. The monoisotopic (exact) mass is 472 g/mol. The molecule has 8 nitrogen and oxygen atoms in total. The zero-order chi connectivity index (χ0) is 20.4. The van der Waals surface area contributed by atoms with E-state index in [4.69, 9.17) is 58.0 Å². The minimum atomic E-state index is -2.04. The summed E-state index contributed by atoms with van der Waals surface area (Å²) in [6.45, 7) is 0. The van der Waals surface area contributed by atoms with Crippen molar-refractivity contribution in [3.63, 3.8) is 0 Å². The van der Waals surface area contributed by atoms with E-state index in [9.17, 15) is 20.2 Å². The molecule has 0 spiro atoms. The van der Waals surface area contributed by atoms with Crippen LogP contribution in [-0.2, 0) is 0 Å². The van der Waals surface area contributed by atoms with Crippen molar-refractivity contribution in [2.24, 2.45) is 0 Å². The predicted molar refractivity (Wildman–Crippen MR) is 108 cm³/mol. The Morgan fingerprint density at radius 2 is 1.19 bits per heavy atom. The number of alkyl halides is 3. The minimum absolute atomic E-state index is 0.00941. The van der Waals surface area contributed by atoms with Gasteiger partial charge in [0.1, 0.15) is 17.5 Å². The Kier molecular flexibility index (Phi) is 6.82. The van der Waals surface area contributed by atoms with Gasteiger partial charge in [-0.15, -0.1) is 0 Å². The van der Waals surface area contributed by atoms with E-state index in [-0.39, 0.29) is 32.8 Å². The van der Waals surface area contributed by atoms with Crippen LogP contribution < -0.4 is 10.6 Å². The van der Waals surface area contributed by atoms with Crippen molar-refractivity contribution in [1.82, 2.24) is 0 Å². The largest absolute Gasteiger partial charge is 0.356 e. The average Bonchev–Trinajstić information content (AvgIpc) is 2.55. The number of anilines is 2. The highest BCUT2D eigenvalue weighted by atomic mass is 35.6. The molecular formula is C14H9Cl5N4O4. The van der Waals surface area contributed by atoms with Gasteiger partial charge in [0.25, 0.3) is 11.4 Å². The molecule has 0 radical (unpaired) electrons. The second-order valence-electron chi connectivity index (χ2n) is 5.10. The summed E-state index contributed by atoms with van der Waals surface area (Å²) >= 11 is 29.4. The fourth-order valence-corrected chi connectivity index (χ4v) is 2.73. The van der Waals surface area contributed by atoms with E-state index in [0.717, 1.165) is 12.1 Å². The Morgan fingerprint density at radius 1 is 0.815 bits per heavy atom. The van der Waals surface area contributed by atoms with Gasteiger partial charge in [-0.3, -0.25) is 20.2 Å². The van der Waals surface area contributed by atoms with Crippen molar-refractivity contribution in [3.05, 3.63) is 66.7 Å². The lowest BCUT2D eigenvalue weighted by atomic mass is 10.2. The molecule has 0 saturated carbocycles. The maximum absolute atomic E-state index is 11.2. The molecule has 144 valence electrons. The van der Waals surface area contributed by atoms with Crippen LogP contribution in [-0.4, -0.2) is 19.8 Å². The summed E-state index contributed by atoms with van der Waals surface area (Å²) in [5.41, 5.74) is -0.752. The molecule has 0 aromatic heterocycles. The Bertz CT molecular complexity index is 825. The lowest BCUT2D eigenvalue weighted by Gasteiger charge is -2.28. The number of rotatable bonds is 6. The first-order chi connectivity index (χ1) is 12.5. The highest BCUT2D eigenvalue weighted by Gasteiger charge is 2.35. The van der Waals surface area contributed by atoms with Gasteiger partial charge in [-0.2, -0.15) is 0 Å². The summed E-state index contributed by atoms with van der Waals surface area (Å²) in [4.78, 5) is 21.1. The number of hydrogen-bond donors (Lipinski definition) is 2. The van der Waals surface area contributed by atoms with Crippen LogP contribution in [0, 0.1) is 20.2 Å². The highest BCUT2D eigenvalue weighted by Crippen LogP contribution is 2.37. The quantitative estimate of drug-likeness (QED) is 0.229. The van der Waals surface area contributed by atoms with Crippen LogP contribution in [0.5, 0.6) is 0 Å². The van der Waals surface area contributed by atoms with Crippen LogP contribution in [0.4, 0.5) is 22.7 Å². The first-order valence-electron chi connectivity index (χ1n) is 6.96. The Labute approximate surface area is 177 Å². The molecule has 0 aliphatic heterocycles. The van der Waals surface area contributed by atoms with Gasteiger partial charge in [0.2, 0.25) is 3.79 Å². The number of nitrogens with zero attached hydrogens (tertiary/aromatic N) is 2. The van der Waals surface area contributed by atoms with E-state index in [0.29, 0.717) is 0 Å². The lowest BCUT2D eigenvalue weighted by molar-refractivity contribution is -0.384. The van der Waals surface area contributed by atoms with Crippen molar-refractivity contribution in [3.8, 4) is 0 Å². The molecule has 0 aliphatic rings. The summed E-state index contributed by atoms with van der Waals surface area (Å²) in [7, 11) is 0. The van der Waals surface area contributed by atoms with Crippen LogP contribution in [0.2, 0.25) is 10.0 Å². The zero-order valence-corrected chi connectivity index (χ0v) is 16.7. The molecule has 0 amide bonds. The molecule has 2 aromatic carbocycles. The van der Waals surface area contributed by atoms with Crippen LogP contribution in [0.3, 0.4) is 0 Å². The SMILES string of the molecule is O=[N+]([O-])c1cc(Cl)ccc1NC(Nc1ccc(Cl)cc1[N+](=O)[O-])C(Cl)(Cl)Cl. The third kappa shape index (κ3) is 5.63. The molecule has 27 heavy (non-hydrogen) atoms. The van der Waals surface area contributed by atoms with Gasteiger partial charge in [-0.25, -0.2) is 0 Å². The third-order valence-electron chi connectivity index (χ3n) is 3.24. The average molecular weight is 475 g/mol. The van der Waals surface area contributed by atoms with Gasteiger partial charge < -0.3 is 10.6 Å². The van der Waals surface area contributed by atoms with E-state index in [1.54, 1.807) is 0 Å². The molecule has 0 heterocycles. The predicted octanol–water partition coefficient (Wildman–Crippen LogP) is 6.03. The first kappa shape index (κ1) is 21.6. The molecule has 0 saturated heterocycles. The molecule has 2 rings (SSSR count). The highest BCUT2D eigenvalue weighted by molar-refractivity contribution is 6.68. The lowest BCUT2D eigenvalue weighted by Crippen LogP contribution is -2.41. The number of nitro benzene ring substituents is 2. The Morgan fingerprint density at radius 3 is 1.48 bits per heavy atom. The molecule has 0 aliphatic carbocycles. The number of benzene rings is 2. The number of nitro groups is 2. The Hall–Kier alpha value is -1.71. The van der Waals surface area contributed by atoms with Crippen LogP contribution in [0.25, 0.3) is 0 Å². The first-order valence-corrected chi connectivity index (χ1v) is 8.85. The summed E-state index contributed by atoms with van der Waals surface area (Å²) in [6.07, 6.45) is -1.28. The summed E-state index contributed by atoms with van der Waals surface area (Å²) < 4.78 is -2.04. The molecule has 0 atom stereocenters. The van der Waals surface area contributed by atoms with Crippen molar-refractivity contribution in [1.29, 1.82) is 0 Å². The van der Waals surface area contributed by atoms with Crippen LogP contribution in [0.15, 0.2) is 36.4 Å². The van der Waals surface area contributed by atoms with Crippen LogP contribution in [0.1, 0.15) is 0 Å². The second kappa shape index (κ2) is 8.53. The van der Waals surface area contributed by atoms with Crippen LogP contribution >= 0.6 is 58.0 Å². The van der Waals surface area contributed by atoms with Gasteiger partial charge in [0.05, 0.1) is 9.85 Å². The smallest absolute Gasteiger partial charge is 0.293 e. The maximum Gasteiger partial charge on any atom is 0.293 e. The number of halogens is 5. The molecule has 0 fully saturated rings. The van der Waals surface area contributed by atoms with Crippen molar-refractivity contribution in [2.75, 3.05) is 10.6 Å². The third-order valence-corrected chi connectivity index (χ3v) is 4.36. The van der Waals surface area contributed by atoms with E-state index >= 15 is 0 Å². The molecular weight excluding hydrogens is 465 g/mol. The van der Waals surface area contributed by atoms with Gasteiger partial charge in [0, 0.05) is 22.2 Å². The summed E-state index contributed by atoms with van der Waals surface area (Å²) in [5, 5.41) is 28.1. The van der Waals surface area contributed by atoms with Gasteiger partial charge in [-0.05, 0) is 24.3 Å². The van der Waals surface area contributed by atoms with E-state index in [2.05, 4.69) is 10.6 Å². The minimum Gasteiger partial charge on any atom is -0.356 e. The van der Waals surface area contributed by atoms with Gasteiger partial charge in [0.15, 0.2) is 0 Å². The summed E-state index contributed by atoms with van der Waals surface area (Å²) in [5.74, 6) is 0. The van der Waals surface area contributed by atoms with E-state index in [1.807, 2.05) is 0 Å². The van der Waals surface area contributed by atoms with E-state index in [1.165, 1.54) is 24.3 Å². The molecule has 0 bridgehead atoms. The topological polar surface area (TPSA) is 110 Å². The number of hydrogen-bond acceptors (Lipinski definition) is 6. The van der Waals surface area contributed by atoms with Crippen molar-refractivity contribution >= 4 is 80.8 Å². The fourth-order valence-electron chi connectivity index (χ4n) is 2.07. The van der Waals surface area contributed by atoms with Gasteiger partial charge in [-0.1, -0.05) is 58.0 Å². The molecule has 2 aromatic rings. The molecule has 0 unspecified atom stereocenters. The normalized spacial score (nSPS) is 11.3. The van der Waals surface area contributed by atoms with E-state index < -0.39 is 19.8 Å².